The van der Waals surface area contributed by atoms with Crippen molar-refractivity contribution in [2.45, 2.75) is 30.7 Å². The molecular formula is C18H21BrN2O3S2. The monoisotopic (exact) mass is 456 g/mol. The van der Waals surface area contributed by atoms with E-state index in [1.54, 1.807) is 41.5 Å². The molecular weight excluding hydrogens is 436 g/mol. The standard InChI is InChI=1S/C18H21BrN2O3S2/c1-20(13-15-8-9-17(19)25-15)18(22)14-6-5-7-16(12-14)26(23,24)21-10-3-2-4-11-21/h5-9,12H,2-4,10-11,13H2,1H3. The molecule has 5 nitrogen and oxygen atoms in total. The SMILES string of the molecule is CN(Cc1ccc(Br)s1)C(=O)c1cccc(S(=O)(=O)N2CCCCC2)c1. The minimum Gasteiger partial charge on any atom is -0.337 e. The van der Waals surface area contributed by atoms with Gasteiger partial charge in [0.15, 0.2) is 0 Å². The van der Waals surface area contributed by atoms with Crippen LogP contribution in [-0.2, 0) is 16.6 Å². The number of nitrogens with zero attached hydrogens (tertiary/aromatic N) is 2. The highest BCUT2D eigenvalue weighted by Gasteiger charge is 2.26. The molecule has 0 spiro atoms. The maximum atomic E-state index is 12.8. The summed E-state index contributed by atoms with van der Waals surface area (Å²) in [5.41, 5.74) is 0.390. The summed E-state index contributed by atoms with van der Waals surface area (Å²) < 4.78 is 28.2. The van der Waals surface area contributed by atoms with Gasteiger partial charge in [-0.3, -0.25) is 4.79 Å². The second-order valence-corrected chi connectivity index (χ2v) is 10.8. The Morgan fingerprint density at radius 3 is 2.58 bits per heavy atom. The fourth-order valence-electron chi connectivity index (χ4n) is 3.01. The molecule has 1 amide bonds. The van der Waals surface area contributed by atoms with Crippen LogP contribution in [0.4, 0.5) is 0 Å². The first-order valence-electron chi connectivity index (χ1n) is 8.48. The van der Waals surface area contributed by atoms with Crippen LogP contribution in [0.5, 0.6) is 0 Å². The third kappa shape index (κ3) is 4.36. The summed E-state index contributed by atoms with van der Waals surface area (Å²) in [6, 6.07) is 10.3. The highest BCUT2D eigenvalue weighted by Crippen LogP contribution is 2.24. The Balaban J connectivity index is 1.78. The second-order valence-electron chi connectivity index (χ2n) is 6.36. The Bertz CT molecular complexity index is 889. The molecule has 0 aliphatic carbocycles. The average molecular weight is 457 g/mol. The molecule has 8 heteroatoms. The van der Waals surface area contributed by atoms with Crippen LogP contribution < -0.4 is 0 Å². The van der Waals surface area contributed by atoms with Crippen LogP contribution >= 0.6 is 27.3 Å². The molecule has 0 unspecified atom stereocenters. The van der Waals surface area contributed by atoms with Gasteiger partial charge in [0.2, 0.25) is 10.0 Å². The predicted octanol–water partition coefficient (Wildman–Crippen LogP) is 3.96. The summed E-state index contributed by atoms with van der Waals surface area (Å²) in [6.45, 7) is 1.58. The lowest BCUT2D eigenvalue weighted by Crippen LogP contribution is -2.35. The van der Waals surface area contributed by atoms with Crippen LogP contribution in [0.15, 0.2) is 45.1 Å². The number of rotatable bonds is 5. The quantitative estimate of drug-likeness (QED) is 0.683. The predicted molar refractivity (Wildman–Crippen MR) is 107 cm³/mol. The van der Waals surface area contributed by atoms with E-state index < -0.39 is 10.0 Å². The van der Waals surface area contributed by atoms with E-state index >= 15 is 0 Å². The summed E-state index contributed by atoms with van der Waals surface area (Å²) in [7, 11) is -1.82. The molecule has 3 rings (SSSR count). The molecule has 26 heavy (non-hydrogen) atoms. The Morgan fingerprint density at radius 2 is 1.92 bits per heavy atom. The van der Waals surface area contributed by atoms with Gasteiger partial charge in [-0.1, -0.05) is 12.5 Å². The number of piperidine rings is 1. The fourth-order valence-corrected chi connectivity index (χ4v) is 6.11. The van der Waals surface area contributed by atoms with Crippen molar-refractivity contribution in [3.63, 3.8) is 0 Å². The van der Waals surface area contributed by atoms with Gasteiger partial charge < -0.3 is 4.90 Å². The zero-order chi connectivity index (χ0) is 18.7. The van der Waals surface area contributed by atoms with Crippen LogP contribution in [0.2, 0.25) is 0 Å². The van der Waals surface area contributed by atoms with Gasteiger partial charge in [-0.05, 0) is 59.1 Å². The van der Waals surface area contributed by atoms with Crippen molar-refractivity contribution in [3.8, 4) is 0 Å². The number of hydrogen-bond acceptors (Lipinski definition) is 4. The van der Waals surface area contributed by atoms with Crippen LogP contribution in [0.1, 0.15) is 34.5 Å². The van der Waals surface area contributed by atoms with Crippen LogP contribution in [-0.4, -0.2) is 43.7 Å². The number of carbonyl (C=O) groups excluding carboxylic acids is 1. The molecule has 1 aromatic carbocycles. The first-order chi connectivity index (χ1) is 12.4. The molecule has 1 aliphatic rings. The van der Waals surface area contributed by atoms with E-state index in [-0.39, 0.29) is 10.8 Å². The number of halogens is 1. The Hall–Kier alpha value is -1.22. The number of amides is 1. The minimum atomic E-state index is -3.54. The largest absolute Gasteiger partial charge is 0.337 e. The molecule has 1 aliphatic heterocycles. The minimum absolute atomic E-state index is 0.190. The smallest absolute Gasteiger partial charge is 0.253 e. The van der Waals surface area contributed by atoms with Gasteiger partial charge in [-0.15, -0.1) is 11.3 Å². The van der Waals surface area contributed by atoms with Gasteiger partial charge in [-0.2, -0.15) is 4.31 Å². The second kappa shape index (κ2) is 8.21. The zero-order valence-corrected chi connectivity index (χ0v) is 17.7. The lowest BCUT2D eigenvalue weighted by molar-refractivity contribution is 0.0786. The van der Waals surface area contributed by atoms with E-state index in [0.717, 1.165) is 27.9 Å². The van der Waals surface area contributed by atoms with E-state index in [4.69, 9.17) is 0 Å². The average Bonchev–Trinajstić information content (AvgIpc) is 3.06. The third-order valence-corrected chi connectivity index (χ3v) is 7.91. The van der Waals surface area contributed by atoms with Crippen LogP contribution in [0.25, 0.3) is 0 Å². The van der Waals surface area contributed by atoms with E-state index in [2.05, 4.69) is 15.9 Å². The van der Waals surface area contributed by atoms with Crippen molar-refractivity contribution in [3.05, 3.63) is 50.6 Å². The number of sulfonamides is 1. The van der Waals surface area contributed by atoms with Gasteiger partial charge in [0, 0.05) is 30.6 Å². The maximum Gasteiger partial charge on any atom is 0.253 e. The molecule has 1 fully saturated rings. The third-order valence-electron chi connectivity index (χ3n) is 4.40. The van der Waals surface area contributed by atoms with Gasteiger partial charge in [0.1, 0.15) is 0 Å². The number of carbonyl (C=O) groups is 1. The summed E-state index contributed by atoms with van der Waals surface area (Å²) >= 11 is 4.99. The molecule has 2 heterocycles. The zero-order valence-electron chi connectivity index (χ0n) is 14.5. The lowest BCUT2D eigenvalue weighted by Gasteiger charge is -2.26. The van der Waals surface area contributed by atoms with E-state index in [9.17, 15) is 13.2 Å². The molecule has 140 valence electrons. The topological polar surface area (TPSA) is 57.7 Å². The lowest BCUT2D eigenvalue weighted by atomic mass is 10.2. The Labute approximate surface area is 166 Å². The summed E-state index contributed by atoms with van der Waals surface area (Å²) in [6.07, 6.45) is 2.84. The van der Waals surface area contributed by atoms with Crippen LogP contribution in [0, 0.1) is 0 Å². The fraction of sp³-hybridized carbons (Fsp3) is 0.389. The van der Waals surface area contributed by atoms with Gasteiger partial charge in [-0.25, -0.2) is 8.42 Å². The summed E-state index contributed by atoms with van der Waals surface area (Å²) in [4.78, 5) is 15.6. The van der Waals surface area contributed by atoms with Gasteiger partial charge >= 0.3 is 0 Å². The van der Waals surface area contributed by atoms with Crippen molar-refractivity contribution in [1.29, 1.82) is 0 Å². The van der Waals surface area contributed by atoms with E-state index in [1.807, 2.05) is 12.1 Å². The first kappa shape index (κ1) is 19.5. The van der Waals surface area contributed by atoms with Crippen LogP contribution in [0.3, 0.4) is 0 Å². The molecule has 0 bridgehead atoms. The molecule has 1 saturated heterocycles. The number of hydrogen-bond donors (Lipinski definition) is 0. The molecule has 0 N–H and O–H groups in total. The van der Waals surface area contributed by atoms with Gasteiger partial charge in [0.05, 0.1) is 15.2 Å². The Kier molecular flexibility index (Phi) is 6.17. The molecule has 0 atom stereocenters. The number of thiophene rings is 1. The van der Waals surface area contributed by atoms with E-state index in [1.165, 1.54) is 10.4 Å². The Morgan fingerprint density at radius 1 is 1.19 bits per heavy atom. The van der Waals surface area contributed by atoms with E-state index in [0.29, 0.717) is 25.2 Å². The van der Waals surface area contributed by atoms with Crippen molar-refractivity contribution < 1.29 is 13.2 Å². The summed E-state index contributed by atoms with van der Waals surface area (Å²) in [5, 5.41) is 0. The first-order valence-corrected chi connectivity index (χ1v) is 11.5. The van der Waals surface area contributed by atoms with Crippen molar-refractivity contribution >= 4 is 43.2 Å². The highest BCUT2D eigenvalue weighted by atomic mass is 79.9. The van der Waals surface area contributed by atoms with Crippen molar-refractivity contribution in [2.75, 3.05) is 20.1 Å². The molecule has 2 aromatic rings. The summed E-state index contributed by atoms with van der Waals surface area (Å²) in [5.74, 6) is -0.190. The molecule has 1 aromatic heterocycles. The number of benzene rings is 1. The normalized spacial score (nSPS) is 15.8. The van der Waals surface area contributed by atoms with Gasteiger partial charge in [0.25, 0.3) is 5.91 Å². The maximum absolute atomic E-state index is 12.8. The van der Waals surface area contributed by atoms with Crippen molar-refractivity contribution in [1.82, 2.24) is 9.21 Å². The molecule has 0 saturated carbocycles. The molecule has 0 radical (unpaired) electrons. The van der Waals surface area contributed by atoms with Crippen molar-refractivity contribution in [2.24, 2.45) is 0 Å². The highest BCUT2D eigenvalue weighted by molar-refractivity contribution is 9.11.